The number of amides is 1. The summed E-state index contributed by atoms with van der Waals surface area (Å²) in [4.78, 5) is 32.9. The first-order valence-corrected chi connectivity index (χ1v) is 9.80. The highest BCUT2D eigenvalue weighted by Gasteiger charge is 2.15. The third kappa shape index (κ3) is 5.32. The van der Waals surface area contributed by atoms with E-state index < -0.39 is 11.4 Å². The van der Waals surface area contributed by atoms with Crippen molar-refractivity contribution < 1.29 is 13.9 Å². The summed E-state index contributed by atoms with van der Waals surface area (Å²) < 4.78 is 20.6. The molecule has 0 radical (unpaired) electrons. The SMILES string of the molecule is C=NCc1ccc(-c2c[nH]n(-c3ccc(C(=O)NCCCCOC)cn3)c2=O)c(F)c1. The van der Waals surface area contributed by atoms with Crippen LogP contribution in [0, 0.1) is 5.82 Å². The minimum Gasteiger partial charge on any atom is -0.385 e. The molecule has 3 aromatic rings. The van der Waals surface area contributed by atoms with Crippen LogP contribution in [0.25, 0.3) is 16.9 Å². The predicted octanol–water partition coefficient (Wildman–Crippen LogP) is 2.72. The van der Waals surface area contributed by atoms with Crippen molar-refractivity contribution in [1.82, 2.24) is 20.1 Å². The van der Waals surface area contributed by atoms with E-state index in [4.69, 9.17) is 4.74 Å². The summed E-state index contributed by atoms with van der Waals surface area (Å²) in [5.41, 5.74) is 0.957. The molecule has 0 spiro atoms. The van der Waals surface area contributed by atoms with Gasteiger partial charge in [0.15, 0.2) is 5.82 Å². The van der Waals surface area contributed by atoms with Crippen LogP contribution in [0.5, 0.6) is 0 Å². The molecule has 0 unspecified atom stereocenters. The Morgan fingerprint density at radius 2 is 2.13 bits per heavy atom. The Morgan fingerprint density at radius 1 is 1.29 bits per heavy atom. The summed E-state index contributed by atoms with van der Waals surface area (Å²) >= 11 is 0. The predicted molar refractivity (Wildman–Crippen MR) is 116 cm³/mol. The lowest BCUT2D eigenvalue weighted by Crippen LogP contribution is -2.25. The fourth-order valence-electron chi connectivity index (χ4n) is 3.07. The Bertz CT molecular complexity index is 1110. The lowest BCUT2D eigenvalue weighted by atomic mass is 10.1. The third-order valence-corrected chi connectivity index (χ3v) is 4.69. The Balaban J connectivity index is 1.73. The van der Waals surface area contributed by atoms with Crippen molar-refractivity contribution in [3.8, 4) is 16.9 Å². The van der Waals surface area contributed by atoms with Crippen molar-refractivity contribution in [2.75, 3.05) is 20.3 Å². The van der Waals surface area contributed by atoms with Gasteiger partial charge in [-0.1, -0.05) is 12.1 Å². The highest BCUT2D eigenvalue weighted by molar-refractivity contribution is 5.93. The first-order valence-electron chi connectivity index (χ1n) is 9.80. The van der Waals surface area contributed by atoms with Crippen LogP contribution in [0.15, 0.2) is 52.5 Å². The maximum Gasteiger partial charge on any atom is 0.280 e. The average Bonchev–Trinajstić information content (AvgIpc) is 3.15. The number of pyridine rings is 1. The lowest BCUT2D eigenvalue weighted by molar-refractivity contribution is 0.0951. The van der Waals surface area contributed by atoms with Crippen LogP contribution in [0.2, 0.25) is 0 Å². The highest BCUT2D eigenvalue weighted by atomic mass is 19.1. The van der Waals surface area contributed by atoms with Gasteiger partial charge in [-0.05, 0) is 43.3 Å². The first kappa shape index (κ1) is 22.1. The zero-order chi connectivity index (χ0) is 22.2. The number of halogens is 1. The fourth-order valence-corrected chi connectivity index (χ4v) is 3.07. The van der Waals surface area contributed by atoms with E-state index in [0.29, 0.717) is 36.6 Å². The van der Waals surface area contributed by atoms with Gasteiger partial charge in [0.1, 0.15) is 5.82 Å². The Labute approximate surface area is 178 Å². The van der Waals surface area contributed by atoms with Crippen molar-refractivity contribution in [3.05, 3.63) is 70.0 Å². The molecule has 162 valence electrons. The van der Waals surface area contributed by atoms with Crippen LogP contribution in [0.3, 0.4) is 0 Å². The summed E-state index contributed by atoms with van der Waals surface area (Å²) in [6, 6.07) is 7.71. The number of aliphatic imine (C=N–C) groups is 1. The molecule has 0 saturated carbocycles. The Hall–Kier alpha value is -3.59. The number of nitrogens with one attached hydrogen (secondary N) is 2. The quantitative estimate of drug-likeness (QED) is 0.385. The number of carbonyl (C=O) groups is 1. The summed E-state index contributed by atoms with van der Waals surface area (Å²) in [6.45, 7) is 4.88. The topological polar surface area (TPSA) is 101 Å². The molecule has 1 amide bonds. The van der Waals surface area contributed by atoms with Crippen molar-refractivity contribution in [1.29, 1.82) is 0 Å². The molecule has 0 fully saturated rings. The lowest BCUT2D eigenvalue weighted by Gasteiger charge is -2.06. The van der Waals surface area contributed by atoms with Gasteiger partial charge in [-0.15, -0.1) is 0 Å². The van der Waals surface area contributed by atoms with E-state index in [2.05, 4.69) is 27.1 Å². The number of rotatable bonds is 10. The molecule has 0 aliphatic carbocycles. The van der Waals surface area contributed by atoms with Crippen LogP contribution in [-0.2, 0) is 11.3 Å². The Morgan fingerprint density at radius 3 is 2.81 bits per heavy atom. The van der Waals surface area contributed by atoms with Crippen LogP contribution in [0.4, 0.5) is 4.39 Å². The molecule has 3 rings (SSSR count). The molecule has 2 N–H and O–H groups in total. The number of unbranched alkanes of at least 4 members (excludes halogenated alkanes) is 1. The van der Waals surface area contributed by atoms with E-state index in [1.54, 1.807) is 25.3 Å². The molecule has 0 aliphatic heterocycles. The number of hydrogen-bond donors (Lipinski definition) is 2. The third-order valence-electron chi connectivity index (χ3n) is 4.69. The monoisotopic (exact) mass is 425 g/mol. The Kier molecular flexibility index (Phi) is 7.45. The van der Waals surface area contributed by atoms with E-state index >= 15 is 0 Å². The van der Waals surface area contributed by atoms with Gasteiger partial charge >= 0.3 is 0 Å². The minimum absolute atomic E-state index is 0.176. The van der Waals surface area contributed by atoms with Crippen molar-refractivity contribution >= 4 is 12.6 Å². The molecule has 9 heteroatoms. The molecule has 2 heterocycles. The van der Waals surface area contributed by atoms with Crippen molar-refractivity contribution in [2.45, 2.75) is 19.4 Å². The summed E-state index contributed by atoms with van der Waals surface area (Å²) in [7, 11) is 1.64. The van der Waals surface area contributed by atoms with E-state index in [1.807, 2.05) is 0 Å². The van der Waals surface area contributed by atoms with Gasteiger partial charge in [0, 0.05) is 38.2 Å². The van der Waals surface area contributed by atoms with Crippen molar-refractivity contribution in [2.24, 2.45) is 4.99 Å². The van der Waals surface area contributed by atoms with Gasteiger partial charge in [-0.3, -0.25) is 19.7 Å². The largest absolute Gasteiger partial charge is 0.385 e. The number of aromatic amines is 1. The first-order chi connectivity index (χ1) is 15.0. The molecular formula is C22H24FN5O3. The smallest absolute Gasteiger partial charge is 0.280 e. The number of benzene rings is 1. The van der Waals surface area contributed by atoms with Gasteiger partial charge in [0.2, 0.25) is 0 Å². The molecule has 0 aliphatic rings. The number of ether oxygens (including phenoxy) is 1. The maximum atomic E-state index is 14.5. The van der Waals surface area contributed by atoms with Crippen LogP contribution < -0.4 is 10.9 Å². The molecule has 0 saturated heterocycles. The number of aromatic nitrogens is 3. The standard InChI is InChI=1S/C22H24FN5O3/c1-24-12-15-5-7-17(19(23)11-15)18-14-27-28(22(18)30)20-8-6-16(13-26-20)21(29)25-9-3-4-10-31-2/h5-8,11,13-14,27H,1,3-4,9-10,12H2,2H3,(H,25,29). The zero-order valence-corrected chi connectivity index (χ0v) is 17.2. The number of carbonyl (C=O) groups excluding carboxylic acids is 1. The molecule has 0 bridgehead atoms. The van der Waals surface area contributed by atoms with Crippen LogP contribution in [-0.4, -0.2) is 47.7 Å². The summed E-state index contributed by atoms with van der Waals surface area (Å²) in [6.07, 6.45) is 4.49. The maximum absolute atomic E-state index is 14.5. The van der Waals surface area contributed by atoms with Gasteiger partial charge in [0.25, 0.3) is 11.5 Å². The second-order valence-corrected chi connectivity index (χ2v) is 6.88. The van der Waals surface area contributed by atoms with E-state index in [-0.39, 0.29) is 17.0 Å². The van der Waals surface area contributed by atoms with Gasteiger partial charge < -0.3 is 10.1 Å². The van der Waals surface area contributed by atoms with E-state index in [1.165, 1.54) is 29.2 Å². The summed E-state index contributed by atoms with van der Waals surface area (Å²) in [5.74, 6) is -0.470. The number of H-pyrrole nitrogens is 1. The van der Waals surface area contributed by atoms with Crippen LogP contribution in [0.1, 0.15) is 28.8 Å². The summed E-state index contributed by atoms with van der Waals surface area (Å²) in [5, 5.41) is 5.60. The molecule has 8 nitrogen and oxygen atoms in total. The minimum atomic E-state index is -0.519. The molecule has 1 aromatic carbocycles. The van der Waals surface area contributed by atoms with Crippen molar-refractivity contribution in [3.63, 3.8) is 0 Å². The molecule has 31 heavy (non-hydrogen) atoms. The molecule has 2 aromatic heterocycles. The van der Waals surface area contributed by atoms with Gasteiger partial charge in [-0.2, -0.15) is 0 Å². The van der Waals surface area contributed by atoms with E-state index in [9.17, 15) is 14.0 Å². The van der Waals surface area contributed by atoms with Gasteiger partial charge in [0.05, 0.1) is 17.7 Å². The van der Waals surface area contributed by atoms with E-state index in [0.717, 1.165) is 12.8 Å². The zero-order valence-electron chi connectivity index (χ0n) is 17.2. The second kappa shape index (κ2) is 10.4. The molecular weight excluding hydrogens is 401 g/mol. The highest BCUT2D eigenvalue weighted by Crippen LogP contribution is 2.21. The van der Waals surface area contributed by atoms with Crippen LogP contribution >= 0.6 is 0 Å². The normalized spacial score (nSPS) is 10.8. The second-order valence-electron chi connectivity index (χ2n) is 6.88. The average molecular weight is 425 g/mol. The number of methoxy groups -OCH3 is 1. The van der Waals surface area contributed by atoms with Gasteiger partial charge in [-0.25, -0.2) is 14.1 Å². The number of hydrogen-bond acceptors (Lipinski definition) is 5. The number of nitrogens with zero attached hydrogens (tertiary/aromatic N) is 3. The fraction of sp³-hybridized carbons (Fsp3) is 0.273. The molecule has 0 atom stereocenters.